The number of hydrogen-bond acceptors (Lipinski definition) is 4. The number of nitrogens with zero attached hydrogens (tertiary/aromatic N) is 1. The summed E-state index contributed by atoms with van der Waals surface area (Å²) in [4.78, 5) is 16.4. The number of pyridine rings is 1. The first-order chi connectivity index (χ1) is 16.0. The molecular weight excluding hydrogens is 426 g/mol. The molecule has 0 bridgehead atoms. The highest BCUT2D eigenvalue weighted by Crippen LogP contribution is 2.42. The summed E-state index contributed by atoms with van der Waals surface area (Å²) in [6.07, 6.45) is 2.67. The molecule has 5 nitrogen and oxygen atoms in total. The van der Waals surface area contributed by atoms with E-state index in [2.05, 4.69) is 31.2 Å². The Kier molecular flexibility index (Phi) is 6.32. The van der Waals surface area contributed by atoms with E-state index in [-0.39, 0.29) is 6.42 Å². The van der Waals surface area contributed by atoms with Crippen LogP contribution in [0.2, 0.25) is 0 Å². The quantitative estimate of drug-likeness (QED) is 0.394. The maximum atomic E-state index is 11.7. The Bertz CT molecular complexity index is 1380. The summed E-state index contributed by atoms with van der Waals surface area (Å²) >= 11 is 0. The molecule has 0 amide bonds. The topological polar surface area (TPSA) is 79.7 Å². The Balaban J connectivity index is 0.000000499. The number of carboxylic acids is 1. The third-order valence-corrected chi connectivity index (χ3v) is 5.90. The highest BCUT2D eigenvalue weighted by Gasteiger charge is 2.22. The molecule has 4 aromatic rings. The number of ether oxygens (including phenoxy) is 1. The molecule has 5 heteroatoms. The largest absolute Gasteiger partial charge is 0.493 e. The fraction of sp³-hybridized carbons (Fsp3) is 0.310. The molecule has 176 valence electrons. The van der Waals surface area contributed by atoms with Crippen LogP contribution in [0.15, 0.2) is 48.7 Å². The third kappa shape index (κ3) is 4.75. The molecule has 2 N–H and O–H groups in total. The van der Waals surface area contributed by atoms with E-state index in [9.17, 15) is 9.90 Å². The number of benzene rings is 3. The van der Waals surface area contributed by atoms with Gasteiger partial charge in [-0.15, -0.1) is 0 Å². The second-order valence-electron chi connectivity index (χ2n) is 9.86. The SMILES string of the molecule is CC(C)(C)O.Cc1cc2c(C)cccc2c(-c2ccc3c4c(ccnc24)CCO3)c1CC(=O)O. The van der Waals surface area contributed by atoms with Gasteiger partial charge in [-0.3, -0.25) is 9.78 Å². The van der Waals surface area contributed by atoms with E-state index < -0.39 is 11.6 Å². The van der Waals surface area contributed by atoms with Gasteiger partial charge in [0.15, 0.2) is 0 Å². The van der Waals surface area contributed by atoms with E-state index in [1.165, 1.54) is 11.1 Å². The molecule has 1 aliphatic rings. The fourth-order valence-electron chi connectivity index (χ4n) is 4.54. The second-order valence-corrected chi connectivity index (χ2v) is 9.86. The summed E-state index contributed by atoms with van der Waals surface area (Å²) < 4.78 is 5.88. The number of aliphatic carboxylic acids is 1. The Hall–Kier alpha value is -3.44. The number of aliphatic hydroxyl groups is 1. The number of hydrogen-bond donors (Lipinski definition) is 2. The maximum absolute atomic E-state index is 11.7. The smallest absolute Gasteiger partial charge is 0.307 e. The van der Waals surface area contributed by atoms with Crippen molar-refractivity contribution in [1.82, 2.24) is 4.98 Å². The molecule has 0 aliphatic carbocycles. The lowest BCUT2D eigenvalue weighted by atomic mass is 9.86. The van der Waals surface area contributed by atoms with Crippen molar-refractivity contribution in [2.24, 2.45) is 0 Å². The molecule has 34 heavy (non-hydrogen) atoms. The highest BCUT2D eigenvalue weighted by atomic mass is 16.5. The van der Waals surface area contributed by atoms with Crippen molar-refractivity contribution in [2.75, 3.05) is 6.61 Å². The van der Waals surface area contributed by atoms with Crippen molar-refractivity contribution in [3.8, 4) is 16.9 Å². The van der Waals surface area contributed by atoms with E-state index in [1.54, 1.807) is 20.8 Å². The van der Waals surface area contributed by atoms with E-state index >= 15 is 0 Å². The zero-order valence-corrected chi connectivity index (χ0v) is 20.4. The molecule has 0 unspecified atom stereocenters. The van der Waals surface area contributed by atoms with Crippen LogP contribution in [0.25, 0.3) is 32.8 Å². The number of carbonyl (C=O) groups is 1. The normalized spacial score (nSPS) is 12.8. The van der Waals surface area contributed by atoms with Gasteiger partial charge in [0.25, 0.3) is 0 Å². The number of fused-ring (bicyclic) bond motifs is 1. The first-order valence-corrected chi connectivity index (χ1v) is 11.5. The highest BCUT2D eigenvalue weighted by molar-refractivity contribution is 6.09. The summed E-state index contributed by atoms with van der Waals surface area (Å²) in [5, 5.41) is 21.4. The zero-order valence-electron chi connectivity index (χ0n) is 20.4. The predicted octanol–water partition coefficient (Wildman–Crippen LogP) is 6.01. The van der Waals surface area contributed by atoms with Crippen LogP contribution in [0.5, 0.6) is 5.75 Å². The minimum atomic E-state index is -0.833. The number of aryl methyl sites for hydroxylation is 2. The molecule has 0 spiro atoms. The lowest BCUT2D eigenvalue weighted by Crippen LogP contribution is -2.10. The van der Waals surface area contributed by atoms with Gasteiger partial charge in [-0.1, -0.05) is 24.3 Å². The molecule has 1 aromatic heterocycles. The lowest BCUT2D eigenvalue weighted by Gasteiger charge is -2.22. The number of carboxylic acid groups (broad SMARTS) is 1. The van der Waals surface area contributed by atoms with Crippen LogP contribution in [0.1, 0.15) is 43.0 Å². The van der Waals surface area contributed by atoms with Gasteiger partial charge in [-0.25, -0.2) is 0 Å². The Morgan fingerprint density at radius 1 is 1.06 bits per heavy atom. The Morgan fingerprint density at radius 3 is 2.50 bits per heavy atom. The second kappa shape index (κ2) is 9.07. The molecule has 0 atom stereocenters. The van der Waals surface area contributed by atoms with Crippen LogP contribution < -0.4 is 4.74 Å². The van der Waals surface area contributed by atoms with E-state index in [4.69, 9.17) is 14.8 Å². The molecule has 0 saturated carbocycles. The van der Waals surface area contributed by atoms with E-state index in [1.807, 2.05) is 31.3 Å². The molecule has 0 fully saturated rings. The zero-order chi connectivity index (χ0) is 24.6. The van der Waals surface area contributed by atoms with Crippen molar-refractivity contribution in [3.63, 3.8) is 0 Å². The predicted molar refractivity (Wildman–Crippen MR) is 137 cm³/mol. The van der Waals surface area contributed by atoms with E-state index in [0.717, 1.165) is 56.1 Å². The minimum absolute atomic E-state index is 0.0233. The van der Waals surface area contributed by atoms with Crippen LogP contribution >= 0.6 is 0 Å². The summed E-state index contributed by atoms with van der Waals surface area (Å²) in [5.74, 6) is 0.0198. The lowest BCUT2D eigenvalue weighted by molar-refractivity contribution is -0.136. The van der Waals surface area contributed by atoms with Crippen LogP contribution in [0, 0.1) is 13.8 Å². The van der Waals surface area contributed by atoms with Gasteiger partial charge in [-0.2, -0.15) is 0 Å². The summed E-state index contributed by atoms with van der Waals surface area (Å²) in [7, 11) is 0. The van der Waals surface area contributed by atoms with Gasteiger partial charge in [-0.05, 0) is 91.4 Å². The average Bonchev–Trinajstić information content (AvgIpc) is 2.75. The van der Waals surface area contributed by atoms with Crippen molar-refractivity contribution in [3.05, 3.63) is 70.9 Å². The van der Waals surface area contributed by atoms with Gasteiger partial charge in [0.05, 0.1) is 24.1 Å². The van der Waals surface area contributed by atoms with Crippen molar-refractivity contribution in [1.29, 1.82) is 0 Å². The monoisotopic (exact) mass is 457 g/mol. The van der Waals surface area contributed by atoms with Gasteiger partial charge in [0.2, 0.25) is 0 Å². The number of aromatic nitrogens is 1. The van der Waals surface area contributed by atoms with E-state index in [0.29, 0.717) is 6.61 Å². The molecule has 0 radical (unpaired) electrons. The molecule has 2 heterocycles. The van der Waals surface area contributed by atoms with Crippen LogP contribution in [0.4, 0.5) is 0 Å². The van der Waals surface area contributed by atoms with Crippen LogP contribution in [-0.4, -0.2) is 33.4 Å². The van der Waals surface area contributed by atoms with Crippen LogP contribution in [0.3, 0.4) is 0 Å². The summed E-state index contributed by atoms with van der Waals surface area (Å²) in [5.41, 5.74) is 6.54. The average molecular weight is 458 g/mol. The van der Waals surface area contributed by atoms with Crippen molar-refractivity contribution in [2.45, 2.75) is 53.1 Å². The minimum Gasteiger partial charge on any atom is -0.493 e. The van der Waals surface area contributed by atoms with Crippen molar-refractivity contribution < 1.29 is 19.7 Å². The maximum Gasteiger partial charge on any atom is 0.307 e. The molecular formula is C29H31NO4. The molecule has 0 saturated heterocycles. The van der Waals surface area contributed by atoms with Crippen molar-refractivity contribution >= 4 is 27.6 Å². The summed E-state index contributed by atoms with van der Waals surface area (Å²) in [6.45, 7) is 9.98. The molecule has 3 aromatic carbocycles. The first-order valence-electron chi connectivity index (χ1n) is 11.5. The standard InChI is InChI=1S/C25H21NO3.C4H10O/c1-14-4-3-5-17-19(14)12-15(2)20(13-22(27)28)24(17)18-6-7-21-23-16(9-11-29-21)8-10-26-25(18)23;1-4(2,3)5/h3-8,10,12H,9,11,13H2,1-2H3,(H,27,28);5H,1-3H3. The molecule has 5 rings (SSSR count). The Morgan fingerprint density at radius 2 is 1.79 bits per heavy atom. The summed E-state index contributed by atoms with van der Waals surface area (Å²) in [6, 6.07) is 14.4. The molecule has 1 aliphatic heterocycles. The third-order valence-electron chi connectivity index (χ3n) is 5.90. The van der Waals surface area contributed by atoms with Gasteiger partial charge >= 0.3 is 5.97 Å². The van der Waals surface area contributed by atoms with Crippen LogP contribution in [-0.2, 0) is 17.6 Å². The first kappa shape index (κ1) is 23.7. The Labute approximate surface area is 200 Å². The van der Waals surface area contributed by atoms with Gasteiger partial charge in [0, 0.05) is 23.6 Å². The van der Waals surface area contributed by atoms with Gasteiger partial charge < -0.3 is 14.9 Å². The van der Waals surface area contributed by atoms with Gasteiger partial charge in [0.1, 0.15) is 5.75 Å². The fourth-order valence-corrected chi connectivity index (χ4v) is 4.54. The number of rotatable bonds is 3.